The molecule has 2 atom stereocenters. The standard InChI is InChI=1S/C32H42F2N6O5.C2HF3O2/c1-31(2,3)27(39(26(42)19-41)15-14-25(29(43)37-35)40(30(44)45)32(4,5)6)28-36-24(22-16-21(33)12-13-23(22)34)18-38(28)17-20-10-8-7-9-11-20;3-2(4,5)1(6)7/h7-13,16,18,25,27,41H,14-15,17,19,35H2,1-6H3,(H,37,43)(H,44,45);(H,6,7)/t25-,27-;/m0./s1. The second-order valence-electron chi connectivity index (χ2n) is 13.7. The fourth-order valence-corrected chi connectivity index (χ4v) is 5.48. The third kappa shape index (κ3) is 11.5. The van der Waals surface area contributed by atoms with Crippen LogP contribution in [0.3, 0.4) is 0 Å². The van der Waals surface area contributed by atoms with Crippen molar-refractivity contribution in [2.45, 2.75) is 78.3 Å². The van der Waals surface area contributed by atoms with E-state index in [-0.39, 0.29) is 30.8 Å². The van der Waals surface area contributed by atoms with Gasteiger partial charge in [-0.15, -0.1) is 0 Å². The molecule has 0 fully saturated rings. The molecule has 18 heteroatoms. The summed E-state index contributed by atoms with van der Waals surface area (Å²) in [5.41, 5.74) is 1.19. The van der Waals surface area contributed by atoms with Crippen molar-refractivity contribution in [3.05, 3.63) is 77.8 Å². The number of nitrogens with two attached hydrogens (primary N) is 1. The molecule has 0 saturated carbocycles. The van der Waals surface area contributed by atoms with Crippen LogP contribution in [0.2, 0.25) is 0 Å². The van der Waals surface area contributed by atoms with Crippen LogP contribution in [0.4, 0.5) is 26.7 Å². The van der Waals surface area contributed by atoms with Gasteiger partial charge in [-0.05, 0) is 56.4 Å². The number of carboxylic acid groups (broad SMARTS) is 2. The number of alkyl halides is 3. The number of aliphatic hydroxyl groups excluding tert-OH is 1. The molecule has 0 aliphatic rings. The molecular weight excluding hydrogens is 699 g/mol. The van der Waals surface area contributed by atoms with Crippen LogP contribution in [0.15, 0.2) is 54.7 Å². The van der Waals surface area contributed by atoms with Gasteiger partial charge in [0.25, 0.3) is 5.91 Å². The van der Waals surface area contributed by atoms with Crippen molar-refractivity contribution in [2.75, 3.05) is 13.2 Å². The Bertz CT molecular complexity index is 1710. The van der Waals surface area contributed by atoms with Crippen molar-refractivity contribution in [1.29, 1.82) is 0 Å². The molecular formula is C34H43F5N6O7. The summed E-state index contributed by atoms with van der Waals surface area (Å²) in [6.45, 7) is 9.63. The van der Waals surface area contributed by atoms with E-state index in [0.717, 1.165) is 28.7 Å². The van der Waals surface area contributed by atoms with E-state index in [1.54, 1.807) is 31.5 Å². The zero-order chi connectivity index (χ0) is 39.8. The molecule has 0 bridgehead atoms. The van der Waals surface area contributed by atoms with Crippen molar-refractivity contribution < 1.29 is 56.4 Å². The van der Waals surface area contributed by atoms with Crippen LogP contribution in [0.5, 0.6) is 0 Å². The molecule has 2 aromatic carbocycles. The number of aliphatic hydroxyl groups is 1. The Morgan fingerprint density at radius 3 is 2.00 bits per heavy atom. The number of nitrogens with one attached hydrogen (secondary N) is 1. The first kappa shape index (κ1) is 43.1. The first-order valence-corrected chi connectivity index (χ1v) is 15.7. The maximum Gasteiger partial charge on any atom is 0.490 e. The quantitative estimate of drug-likeness (QED) is 0.0784. The van der Waals surface area contributed by atoms with Crippen molar-refractivity contribution in [2.24, 2.45) is 11.3 Å². The highest BCUT2D eigenvalue weighted by molar-refractivity contribution is 5.85. The van der Waals surface area contributed by atoms with Gasteiger partial charge in [-0.2, -0.15) is 13.2 Å². The maximum atomic E-state index is 14.9. The lowest BCUT2D eigenvalue weighted by molar-refractivity contribution is -0.192. The number of rotatable bonds is 11. The van der Waals surface area contributed by atoms with Gasteiger partial charge in [-0.25, -0.2) is 29.2 Å². The van der Waals surface area contributed by atoms with Crippen LogP contribution in [-0.2, 0) is 20.9 Å². The lowest BCUT2D eigenvalue weighted by atomic mass is 9.84. The Balaban J connectivity index is 0.00000121. The SMILES string of the molecule is CC(C)(C)[C@H](c1nc(-c2cc(F)ccc2F)cn1Cc1ccccc1)N(CC[C@@H](C(=O)NN)N(C(=O)O)C(C)(C)C)C(=O)CO.O=C(O)C(F)(F)F. The molecule has 3 amide bonds. The number of carbonyl (C=O) groups excluding carboxylic acids is 2. The highest BCUT2D eigenvalue weighted by Gasteiger charge is 2.42. The molecule has 6 N–H and O–H groups in total. The predicted octanol–water partition coefficient (Wildman–Crippen LogP) is 4.95. The number of nitrogens with zero attached hydrogens (tertiary/aromatic N) is 4. The number of imidazole rings is 1. The Hall–Kier alpha value is -5.10. The summed E-state index contributed by atoms with van der Waals surface area (Å²) < 4.78 is 62.6. The molecule has 0 spiro atoms. The molecule has 3 rings (SSSR count). The minimum Gasteiger partial charge on any atom is -0.475 e. The van der Waals surface area contributed by atoms with Gasteiger partial charge in [-0.3, -0.25) is 19.9 Å². The number of hydrogen-bond donors (Lipinski definition) is 5. The molecule has 1 heterocycles. The third-order valence-electron chi connectivity index (χ3n) is 7.61. The number of hydrazine groups is 1. The molecule has 0 aliphatic carbocycles. The fourth-order valence-electron chi connectivity index (χ4n) is 5.48. The van der Waals surface area contributed by atoms with Crippen molar-refractivity contribution in [3.8, 4) is 11.3 Å². The van der Waals surface area contributed by atoms with Crippen LogP contribution in [-0.4, -0.2) is 89.5 Å². The van der Waals surface area contributed by atoms with Gasteiger partial charge in [0.05, 0.1) is 11.7 Å². The molecule has 0 radical (unpaired) electrons. The smallest absolute Gasteiger partial charge is 0.475 e. The first-order valence-electron chi connectivity index (χ1n) is 15.7. The summed E-state index contributed by atoms with van der Waals surface area (Å²) in [6.07, 6.45) is -5.03. The van der Waals surface area contributed by atoms with E-state index in [2.05, 4.69) is 0 Å². The zero-order valence-electron chi connectivity index (χ0n) is 29.4. The second-order valence-corrected chi connectivity index (χ2v) is 13.7. The zero-order valence-corrected chi connectivity index (χ0v) is 29.4. The molecule has 52 heavy (non-hydrogen) atoms. The molecule has 0 saturated heterocycles. The van der Waals surface area contributed by atoms with Crippen LogP contribution in [0.25, 0.3) is 11.3 Å². The van der Waals surface area contributed by atoms with E-state index >= 15 is 0 Å². The minimum absolute atomic E-state index is 0.0716. The number of hydrogen-bond acceptors (Lipinski definition) is 7. The van der Waals surface area contributed by atoms with Gasteiger partial charge in [0, 0.05) is 30.4 Å². The Morgan fingerprint density at radius 2 is 1.54 bits per heavy atom. The summed E-state index contributed by atoms with van der Waals surface area (Å²) in [7, 11) is 0. The Morgan fingerprint density at radius 1 is 0.962 bits per heavy atom. The topological polar surface area (TPSA) is 191 Å². The number of aliphatic carboxylic acids is 1. The molecule has 3 aromatic rings. The molecule has 286 valence electrons. The summed E-state index contributed by atoms with van der Waals surface area (Å²) in [5.74, 6) is 0.179. The molecule has 0 aliphatic heterocycles. The van der Waals surface area contributed by atoms with Gasteiger partial charge >= 0.3 is 18.2 Å². The number of amides is 3. The van der Waals surface area contributed by atoms with E-state index in [0.29, 0.717) is 5.82 Å². The van der Waals surface area contributed by atoms with Gasteiger partial charge in [-0.1, -0.05) is 51.1 Å². The van der Waals surface area contributed by atoms with Gasteiger partial charge in [0.2, 0.25) is 5.91 Å². The summed E-state index contributed by atoms with van der Waals surface area (Å²) in [6, 6.07) is 10.2. The summed E-state index contributed by atoms with van der Waals surface area (Å²) in [4.78, 5) is 54.6. The average molecular weight is 743 g/mol. The van der Waals surface area contributed by atoms with E-state index in [1.165, 1.54) is 4.90 Å². The predicted molar refractivity (Wildman–Crippen MR) is 178 cm³/mol. The normalized spacial score (nSPS) is 12.9. The van der Waals surface area contributed by atoms with Crippen molar-refractivity contribution in [1.82, 2.24) is 24.8 Å². The van der Waals surface area contributed by atoms with E-state index in [1.807, 2.05) is 56.5 Å². The number of halogens is 5. The maximum absolute atomic E-state index is 14.9. The molecule has 1 aromatic heterocycles. The second kappa shape index (κ2) is 17.4. The first-order chi connectivity index (χ1) is 23.9. The fraction of sp³-hybridized carbons (Fsp3) is 0.441. The van der Waals surface area contributed by atoms with Crippen LogP contribution >= 0.6 is 0 Å². The lowest BCUT2D eigenvalue weighted by Crippen LogP contribution is -2.58. The minimum atomic E-state index is -5.08. The monoisotopic (exact) mass is 742 g/mol. The number of aromatic nitrogens is 2. The average Bonchev–Trinajstić information content (AvgIpc) is 3.43. The van der Waals surface area contributed by atoms with Gasteiger partial charge in [0.1, 0.15) is 30.1 Å². The number of carboxylic acids is 1. The highest BCUT2D eigenvalue weighted by Crippen LogP contribution is 2.40. The van der Waals surface area contributed by atoms with Crippen molar-refractivity contribution in [3.63, 3.8) is 0 Å². The highest BCUT2D eigenvalue weighted by atomic mass is 19.4. The summed E-state index contributed by atoms with van der Waals surface area (Å²) >= 11 is 0. The number of benzene rings is 2. The van der Waals surface area contributed by atoms with E-state index in [9.17, 15) is 46.5 Å². The largest absolute Gasteiger partial charge is 0.490 e. The summed E-state index contributed by atoms with van der Waals surface area (Å²) in [5, 5.41) is 27.2. The lowest BCUT2D eigenvalue weighted by Gasteiger charge is -2.42. The van der Waals surface area contributed by atoms with Crippen LogP contribution in [0.1, 0.15) is 65.4 Å². The van der Waals surface area contributed by atoms with Crippen LogP contribution < -0.4 is 11.3 Å². The van der Waals surface area contributed by atoms with Gasteiger partial charge in [0.15, 0.2) is 0 Å². The molecule has 0 unspecified atom stereocenters. The Kier molecular flexibility index (Phi) is 14.4. The number of carbonyl (C=O) groups is 4. The van der Waals surface area contributed by atoms with E-state index < -0.39 is 71.3 Å². The van der Waals surface area contributed by atoms with Crippen LogP contribution in [0, 0.1) is 17.0 Å². The van der Waals surface area contributed by atoms with E-state index in [4.69, 9.17) is 20.7 Å². The van der Waals surface area contributed by atoms with Gasteiger partial charge < -0.3 is 24.8 Å². The Labute approximate surface area is 296 Å². The third-order valence-corrected chi connectivity index (χ3v) is 7.61. The van der Waals surface area contributed by atoms with Crippen molar-refractivity contribution >= 4 is 23.9 Å². The molecule has 13 nitrogen and oxygen atoms in total.